The number of carbonyl (C=O) groups is 1. The highest BCUT2D eigenvalue weighted by molar-refractivity contribution is 5.69. The Balaban J connectivity index is 2.31. The molecule has 0 radical (unpaired) electrons. The Kier molecular flexibility index (Phi) is 4.43. The molecule has 1 aromatic carbocycles. The predicted molar refractivity (Wildman–Crippen MR) is 73.6 cm³/mol. The van der Waals surface area contributed by atoms with Crippen molar-refractivity contribution in [2.75, 3.05) is 20.2 Å². The van der Waals surface area contributed by atoms with E-state index in [1.54, 1.807) is 7.11 Å². The van der Waals surface area contributed by atoms with E-state index >= 15 is 0 Å². The molecular weight excluding hydrogens is 242 g/mol. The standard InChI is InChI=1S/C15H21NO3/c1-3-16(10-15(17)18)14-6-4-5-11-7-8-12(19-2)9-13(11)14/h7-9,14H,3-6,10H2,1-2H3,(H,17,18). The third kappa shape index (κ3) is 3.07. The van der Waals surface area contributed by atoms with Crippen LogP contribution < -0.4 is 4.74 Å². The molecule has 4 heteroatoms. The molecule has 0 bridgehead atoms. The maximum absolute atomic E-state index is 11.0. The van der Waals surface area contributed by atoms with Gasteiger partial charge in [0.25, 0.3) is 0 Å². The van der Waals surface area contributed by atoms with Crippen LogP contribution >= 0.6 is 0 Å². The summed E-state index contributed by atoms with van der Waals surface area (Å²) in [5.41, 5.74) is 2.55. The summed E-state index contributed by atoms with van der Waals surface area (Å²) in [7, 11) is 1.66. The van der Waals surface area contributed by atoms with Crippen LogP contribution in [0.15, 0.2) is 18.2 Å². The van der Waals surface area contributed by atoms with Crippen molar-refractivity contribution in [1.29, 1.82) is 0 Å². The summed E-state index contributed by atoms with van der Waals surface area (Å²) < 4.78 is 5.29. The number of hydrogen-bond donors (Lipinski definition) is 1. The summed E-state index contributed by atoms with van der Waals surface area (Å²) in [4.78, 5) is 13.0. The smallest absolute Gasteiger partial charge is 0.317 e. The van der Waals surface area contributed by atoms with Gasteiger partial charge in [0.2, 0.25) is 0 Å². The van der Waals surface area contributed by atoms with E-state index in [9.17, 15) is 4.79 Å². The van der Waals surface area contributed by atoms with Crippen LogP contribution in [0.25, 0.3) is 0 Å². The Hall–Kier alpha value is -1.55. The fourth-order valence-corrected chi connectivity index (χ4v) is 2.87. The SMILES string of the molecule is CCN(CC(=O)O)C1CCCc2ccc(OC)cc21. The molecule has 0 aliphatic heterocycles. The third-order valence-corrected chi connectivity index (χ3v) is 3.82. The zero-order valence-corrected chi connectivity index (χ0v) is 11.6. The van der Waals surface area contributed by atoms with Crippen molar-refractivity contribution < 1.29 is 14.6 Å². The van der Waals surface area contributed by atoms with Gasteiger partial charge in [0, 0.05) is 6.04 Å². The number of fused-ring (bicyclic) bond motifs is 1. The Morgan fingerprint density at radius 1 is 1.53 bits per heavy atom. The zero-order chi connectivity index (χ0) is 13.8. The lowest BCUT2D eigenvalue weighted by Gasteiger charge is -2.34. The van der Waals surface area contributed by atoms with Crippen LogP contribution in [0.2, 0.25) is 0 Å². The van der Waals surface area contributed by atoms with Gasteiger partial charge in [-0.1, -0.05) is 13.0 Å². The summed E-state index contributed by atoms with van der Waals surface area (Å²) in [6.45, 7) is 2.85. The van der Waals surface area contributed by atoms with Gasteiger partial charge in [-0.25, -0.2) is 0 Å². The summed E-state index contributed by atoms with van der Waals surface area (Å²) in [6.07, 6.45) is 3.20. The second-order valence-electron chi connectivity index (χ2n) is 4.93. The highest BCUT2D eigenvalue weighted by Crippen LogP contribution is 2.36. The van der Waals surface area contributed by atoms with Crippen molar-refractivity contribution in [3.8, 4) is 5.75 Å². The van der Waals surface area contributed by atoms with Crippen LogP contribution in [0, 0.1) is 0 Å². The molecule has 2 rings (SSSR count). The molecule has 0 saturated heterocycles. The van der Waals surface area contributed by atoms with Crippen molar-refractivity contribution in [3.63, 3.8) is 0 Å². The summed E-state index contributed by atoms with van der Waals surface area (Å²) >= 11 is 0. The number of methoxy groups -OCH3 is 1. The molecule has 0 spiro atoms. The summed E-state index contributed by atoms with van der Waals surface area (Å²) in [6, 6.07) is 6.34. The van der Waals surface area contributed by atoms with Crippen molar-refractivity contribution in [2.24, 2.45) is 0 Å². The van der Waals surface area contributed by atoms with Crippen LogP contribution in [0.3, 0.4) is 0 Å². The van der Waals surface area contributed by atoms with Gasteiger partial charge in [-0.2, -0.15) is 0 Å². The Morgan fingerprint density at radius 2 is 2.32 bits per heavy atom. The second-order valence-corrected chi connectivity index (χ2v) is 4.93. The summed E-state index contributed by atoms with van der Waals surface area (Å²) in [5.74, 6) is 0.0777. The minimum Gasteiger partial charge on any atom is -0.497 e. The molecular formula is C15H21NO3. The molecule has 0 aromatic heterocycles. The topological polar surface area (TPSA) is 49.8 Å². The number of nitrogens with zero attached hydrogens (tertiary/aromatic N) is 1. The lowest BCUT2D eigenvalue weighted by molar-refractivity contribution is -0.139. The molecule has 0 fully saturated rings. The van der Waals surface area contributed by atoms with E-state index < -0.39 is 5.97 Å². The fraction of sp³-hybridized carbons (Fsp3) is 0.533. The van der Waals surface area contributed by atoms with Gasteiger partial charge < -0.3 is 9.84 Å². The number of carboxylic acids is 1. The van der Waals surface area contributed by atoms with Gasteiger partial charge >= 0.3 is 5.97 Å². The van der Waals surface area contributed by atoms with E-state index in [1.165, 1.54) is 11.1 Å². The number of carboxylic acid groups (broad SMARTS) is 1. The molecule has 19 heavy (non-hydrogen) atoms. The predicted octanol–water partition coefficient (Wildman–Crippen LogP) is 2.48. The van der Waals surface area contributed by atoms with Gasteiger partial charge in [0.05, 0.1) is 13.7 Å². The number of benzene rings is 1. The first-order valence-electron chi connectivity index (χ1n) is 6.78. The van der Waals surface area contributed by atoms with Crippen LogP contribution in [0.4, 0.5) is 0 Å². The number of aryl methyl sites for hydroxylation is 1. The Labute approximate surface area is 114 Å². The lowest BCUT2D eigenvalue weighted by atomic mass is 9.86. The first-order chi connectivity index (χ1) is 9.15. The van der Waals surface area contributed by atoms with Gasteiger partial charge in [0.1, 0.15) is 5.75 Å². The van der Waals surface area contributed by atoms with Crippen molar-refractivity contribution >= 4 is 5.97 Å². The monoisotopic (exact) mass is 263 g/mol. The molecule has 1 aromatic rings. The fourth-order valence-electron chi connectivity index (χ4n) is 2.87. The Bertz CT molecular complexity index is 459. The van der Waals surface area contributed by atoms with E-state index in [0.717, 1.165) is 31.6 Å². The maximum Gasteiger partial charge on any atom is 0.317 e. The highest BCUT2D eigenvalue weighted by atomic mass is 16.5. The minimum absolute atomic E-state index is 0.0951. The van der Waals surface area contributed by atoms with E-state index in [4.69, 9.17) is 9.84 Å². The number of aliphatic carboxylic acids is 1. The van der Waals surface area contributed by atoms with E-state index in [0.29, 0.717) is 0 Å². The van der Waals surface area contributed by atoms with Crippen molar-refractivity contribution in [3.05, 3.63) is 29.3 Å². The number of hydrogen-bond acceptors (Lipinski definition) is 3. The molecule has 1 aliphatic rings. The Morgan fingerprint density at radius 3 is 2.95 bits per heavy atom. The van der Waals surface area contributed by atoms with Crippen LogP contribution in [0.5, 0.6) is 5.75 Å². The van der Waals surface area contributed by atoms with Crippen LogP contribution in [-0.4, -0.2) is 36.2 Å². The third-order valence-electron chi connectivity index (χ3n) is 3.82. The zero-order valence-electron chi connectivity index (χ0n) is 11.6. The number of ether oxygens (including phenoxy) is 1. The minimum atomic E-state index is -0.767. The van der Waals surface area contributed by atoms with Gasteiger partial charge in [-0.05, 0) is 49.1 Å². The molecule has 0 saturated carbocycles. The molecule has 4 nitrogen and oxygen atoms in total. The maximum atomic E-state index is 11.0. The quantitative estimate of drug-likeness (QED) is 0.886. The van der Waals surface area contributed by atoms with Gasteiger partial charge in [-0.3, -0.25) is 9.69 Å². The summed E-state index contributed by atoms with van der Waals surface area (Å²) in [5, 5.41) is 9.03. The molecule has 1 atom stereocenters. The van der Waals surface area contributed by atoms with E-state index in [1.807, 2.05) is 17.9 Å². The average Bonchev–Trinajstić information content (AvgIpc) is 2.43. The van der Waals surface area contributed by atoms with Gasteiger partial charge in [-0.15, -0.1) is 0 Å². The molecule has 1 unspecified atom stereocenters. The van der Waals surface area contributed by atoms with Crippen LogP contribution in [0.1, 0.15) is 36.9 Å². The number of likely N-dealkylation sites (N-methyl/N-ethyl adjacent to an activating group) is 1. The average molecular weight is 263 g/mol. The molecule has 1 N–H and O–H groups in total. The molecule has 104 valence electrons. The van der Waals surface area contributed by atoms with Crippen LogP contribution in [-0.2, 0) is 11.2 Å². The largest absolute Gasteiger partial charge is 0.497 e. The second kappa shape index (κ2) is 6.06. The lowest BCUT2D eigenvalue weighted by Crippen LogP contribution is -2.35. The first kappa shape index (κ1) is 13.9. The normalized spacial score (nSPS) is 18.2. The van der Waals surface area contributed by atoms with Gasteiger partial charge in [0.15, 0.2) is 0 Å². The highest BCUT2D eigenvalue weighted by Gasteiger charge is 2.26. The molecule has 0 amide bonds. The van der Waals surface area contributed by atoms with E-state index in [2.05, 4.69) is 12.1 Å². The molecule has 0 heterocycles. The van der Waals surface area contributed by atoms with Crippen molar-refractivity contribution in [2.45, 2.75) is 32.2 Å². The number of rotatable bonds is 5. The van der Waals surface area contributed by atoms with E-state index in [-0.39, 0.29) is 12.6 Å². The first-order valence-corrected chi connectivity index (χ1v) is 6.78. The molecule has 1 aliphatic carbocycles. The van der Waals surface area contributed by atoms with Crippen molar-refractivity contribution in [1.82, 2.24) is 4.90 Å².